The van der Waals surface area contributed by atoms with E-state index < -0.39 is 0 Å². The van der Waals surface area contributed by atoms with E-state index in [-0.39, 0.29) is 5.41 Å². The summed E-state index contributed by atoms with van der Waals surface area (Å²) in [6.45, 7) is 4.14. The molecule has 1 fully saturated rings. The van der Waals surface area contributed by atoms with Crippen LogP contribution in [0.2, 0.25) is 0 Å². The molecule has 0 N–H and O–H groups in total. The first-order chi connectivity index (χ1) is 6.11. The zero-order valence-electron chi connectivity index (χ0n) is 8.51. The Balaban J connectivity index is 2.69. The minimum Gasteiger partial charge on any atom is -0.303 e. The molecule has 0 spiro atoms. The first kappa shape index (κ1) is 10.4. The van der Waals surface area contributed by atoms with E-state index in [2.05, 4.69) is 6.92 Å². The highest BCUT2D eigenvalue weighted by atomic mass is 16.1. The predicted molar refractivity (Wildman–Crippen MR) is 51.4 cm³/mol. The van der Waals surface area contributed by atoms with Gasteiger partial charge in [-0.15, -0.1) is 0 Å². The van der Waals surface area contributed by atoms with Crippen molar-refractivity contribution in [2.75, 3.05) is 0 Å². The van der Waals surface area contributed by atoms with Crippen LogP contribution in [0.1, 0.15) is 46.0 Å². The lowest BCUT2D eigenvalue weighted by molar-refractivity contribution is -0.134. The van der Waals surface area contributed by atoms with Gasteiger partial charge < -0.3 is 4.79 Å². The Morgan fingerprint density at radius 1 is 1.62 bits per heavy atom. The zero-order valence-corrected chi connectivity index (χ0v) is 8.51. The van der Waals surface area contributed by atoms with Crippen LogP contribution in [0.25, 0.3) is 0 Å². The van der Waals surface area contributed by atoms with Gasteiger partial charge in [0.25, 0.3) is 0 Å². The van der Waals surface area contributed by atoms with Crippen molar-refractivity contribution in [1.29, 1.82) is 0 Å². The molecule has 1 aliphatic carbocycles. The minimum absolute atomic E-state index is 0.223. The van der Waals surface area contributed by atoms with Crippen molar-refractivity contribution in [3.8, 4) is 0 Å². The minimum atomic E-state index is -0.223. The first-order valence-electron chi connectivity index (χ1n) is 5.08. The van der Waals surface area contributed by atoms with Crippen LogP contribution in [-0.2, 0) is 9.59 Å². The predicted octanol–water partition coefficient (Wildman–Crippen LogP) is 2.36. The Bertz CT molecular complexity index is 210. The van der Waals surface area contributed by atoms with E-state index in [9.17, 15) is 9.59 Å². The van der Waals surface area contributed by atoms with E-state index in [1.807, 2.05) is 6.92 Å². The second-order valence-corrected chi connectivity index (χ2v) is 4.34. The summed E-state index contributed by atoms with van der Waals surface area (Å²) >= 11 is 0. The molecule has 0 saturated heterocycles. The van der Waals surface area contributed by atoms with Crippen molar-refractivity contribution in [1.82, 2.24) is 0 Å². The summed E-state index contributed by atoms with van der Waals surface area (Å²) in [6.07, 6.45) is 5.03. The van der Waals surface area contributed by atoms with Gasteiger partial charge >= 0.3 is 0 Å². The summed E-state index contributed by atoms with van der Waals surface area (Å²) in [5, 5.41) is 0. The zero-order chi connectivity index (χ0) is 9.90. The van der Waals surface area contributed by atoms with Gasteiger partial charge in [-0.3, -0.25) is 4.79 Å². The largest absolute Gasteiger partial charge is 0.303 e. The molecule has 0 heterocycles. The van der Waals surface area contributed by atoms with E-state index in [4.69, 9.17) is 0 Å². The second-order valence-electron chi connectivity index (χ2n) is 4.34. The summed E-state index contributed by atoms with van der Waals surface area (Å²) in [4.78, 5) is 22.0. The van der Waals surface area contributed by atoms with Gasteiger partial charge in [0.2, 0.25) is 0 Å². The third kappa shape index (κ3) is 1.98. The van der Waals surface area contributed by atoms with Crippen LogP contribution in [0, 0.1) is 11.3 Å². The Hall–Kier alpha value is -0.660. The van der Waals surface area contributed by atoms with Crippen LogP contribution in [0.4, 0.5) is 0 Å². The van der Waals surface area contributed by atoms with E-state index in [0.717, 1.165) is 25.5 Å². The standard InChI is InChI=1S/C11H18O2/c1-9-5-3-6-10(13)11(9,2)7-4-8-12/h8-9H,3-7H2,1-2H3/t9-,11+/m1/s1. The molecule has 0 aromatic carbocycles. The molecule has 0 aromatic rings. The third-order valence-electron chi connectivity index (χ3n) is 3.55. The van der Waals surface area contributed by atoms with Crippen molar-refractivity contribution >= 4 is 12.1 Å². The fraction of sp³-hybridized carbons (Fsp3) is 0.818. The second kappa shape index (κ2) is 4.03. The molecule has 2 nitrogen and oxygen atoms in total. The lowest BCUT2D eigenvalue weighted by Gasteiger charge is -2.37. The smallest absolute Gasteiger partial charge is 0.139 e. The highest BCUT2D eigenvalue weighted by Crippen LogP contribution is 2.41. The van der Waals surface area contributed by atoms with Gasteiger partial charge in [0.05, 0.1) is 0 Å². The molecule has 1 aliphatic rings. The Morgan fingerprint density at radius 2 is 2.31 bits per heavy atom. The van der Waals surface area contributed by atoms with Crippen molar-refractivity contribution < 1.29 is 9.59 Å². The number of carbonyl (C=O) groups excluding carboxylic acids is 2. The quantitative estimate of drug-likeness (QED) is 0.628. The maximum absolute atomic E-state index is 11.7. The number of hydrogen-bond donors (Lipinski definition) is 0. The van der Waals surface area contributed by atoms with E-state index in [1.54, 1.807) is 0 Å². The van der Waals surface area contributed by atoms with Gasteiger partial charge in [-0.1, -0.05) is 13.8 Å². The van der Waals surface area contributed by atoms with Gasteiger partial charge in [-0.25, -0.2) is 0 Å². The fourth-order valence-corrected chi connectivity index (χ4v) is 2.19. The molecule has 0 amide bonds. The molecule has 1 rings (SSSR count). The summed E-state index contributed by atoms with van der Waals surface area (Å²) in [6, 6.07) is 0. The van der Waals surface area contributed by atoms with Crippen LogP contribution < -0.4 is 0 Å². The van der Waals surface area contributed by atoms with Gasteiger partial charge in [-0.05, 0) is 25.2 Å². The normalized spacial score (nSPS) is 34.6. The molecule has 0 unspecified atom stereocenters. The van der Waals surface area contributed by atoms with Crippen molar-refractivity contribution in [2.24, 2.45) is 11.3 Å². The van der Waals surface area contributed by atoms with Gasteiger partial charge in [-0.2, -0.15) is 0 Å². The highest BCUT2D eigenvalue weighted by molar-refractivity contribution is 5.85. The highest BCUT2D eigenvalue weighted by Gasteiger charge is 2.39. The summed E-state index contributed by atoms with van der Waals surface area (Å²) in [7, 11) is 0. The number of rotatable bonds is 3. The number of ketones is 1. The van der Waals surface area contributed by atoms with E-state index >= 15 is 0 Å². The van der Waals surface area contributed by atoms with Crippen LogP contribution in [0.15, 0.2) is 0 Å². The Kier molecular flexibility index (Phi) is 3.23. The lowest BCUT2D eigenvalue weighted by Crippen LogP contribution is -2.38. The Labute approximate surface area is 79.7 Å². The molecule has 1 saturated carbocycles. The van der Waals surface area contributed by atoms with Crippen molar-refractivity contribution in [3.63, 3.8) is 0 Å². The molecular weight excluding hydrogens is 164 g/mol. The topological polar surface area (TPSA) is 34.1 Å². The van der Waals surface area contributed by atoms with Gasteiger partial charge in [0.1, 0.15) is 12.1 Å². The van der Waals surface area contributed by atoms with Gasteiger partial charge in [0.15, 0.2) is 0 Å². The van der Waals surface area contributed by atoms with Gasteiger partial charge in [0, 0.05) is 18.3 Å². The molecule has 2 heteroatoms. The van der Waals surface area contributed by atoms with E-state index in [0.29, 0.717) is 24.5 Å². The molecule has 2 atom stereocenters. The molecule has 74 valence electrons. The van der Waals surface area contributed by atoms with Crippen LogP contribution in [0.5, 0.6) is 0 Å². The van der Waals surface area contributed by atoms with E-state index in [1.165, 1.54) is 0 Å². The molecule has 0 radical (unpaired) electrons. The number of carbonyl (C=O) groups is 2. The SMILES string of the molecule is C[C@@H]1CCCC(=O)[C@@]1(C)CCC=O. The maximum atomic E-state index is 11.7. The average molecular weight is 182 g/mol. The van der Waals surface area contributed by atoms with Crippen LogP contribution in [0.3, 0.4) is 0 Å². The molecule has 13 heavy (non-hydrogen) atoms. The molecule has 0 aliphatic heterocycles. The first-order valence-corrected chi connectivity index (χ1v) is 5.08. The Morgan fingerprint density at radius 3 is 2.85 bits per heavy atom. The summed E-state index contributed by atoms with van der Waals surface area (Å²) in [5.41, 5.74) is -0.223. The molecule has 0 aromatic heterocycles. The molecular formula is C11H18O2. The number of aldehydes is 1. The van der Waals surface area contributed by atoms with Crippen LogP contribution in [-0.4, -0.2) is 12.1 Å². The third-order valence-corrected chi connectivity index (χ3v) is 3.55. The monoisotopic (exact) mass is 182 g/mol. The van der Waals surface area contributed by atoms with Crippen molar-refractivity contribution in [3.05, 3.63) is 0 Å². The van der Waals surface area contributed by atoms with Crippen LogP contribution >= 0.6 is 0 Å². The summed E-state index contributed by atoms with van der Waals surface area (Å²) in [5.74, 6) is 0.793. The number of hydrogen-bond acceptors (Lipinski definition) is 2. The fourth-order valence-electron chi connectivity index (χ4n) is 2.19. The molecule has 0 bridgehead atoms. The summed E-state index contributed by atoms with van der Waals surface area (Å²) < 4.78 is 0. The number of Topliss-reactive ketones (excluding diaryl/α,β-unsaturated/α-hetero) is 1. The maximum Gasteiger partial charge on any atom is 0.139 e. The average Bonchev–Trinajstić information content (AvgIpc) is 2.11. The van der Waals surface area contributed by atoms with Crippen molar-refractivity contribution in [2.45, 2.75) is 46.0 Å². The lowest BCUT2D eigenvalue weighted by atomic mass is 9.65.